The van der Waals surface area contributed by atoms with Crippen molar-refractivity contribution in [1.29, 1.82) is 0 Å². The van der Waals surface area contributed by atoms with Crippen LogP contribution in [0.2, 0.25) is 0 Å². The number of ether oxygens (including phenoxy) is 1. The number of likely N-dealkylation sites (tertiary alicyclic amines) is 1. The molecule has 3 aromatic rings. The minimum atomic E-state index is -0.0948. The summed E-state index contributed by atoms with van der Waals surface area (Å²) in [7, 11) is 0. The molecular weight excluding hydrogens is 410 g/mol. The molecule has 0 spiro atoms. The Kier molecular flexibility index (Phi) is 6.62. The van der Waals surface area contributed by atoms with Crippen molar-refractivity contribution in [2.24, 2.45) is 0 Å². The van der Waals surface area contributed by atoms with Crippen LogP contribution in [-0.2, 0) is 9.59 Å². The second-order valence-corrected chi connectivity index (χ2v) is 8.39. The third-order valence-corrected chi connectivity index (χ3v) is 6.15. The Morgan fingerprint density at radius 2 is 1.90 bits per heavy atom. The number of benzene rings is 2. The summed E-state index contributed by atoms with van der Waals surface area (Å²) >= 11 is 1.57. The Bertz CT molecular complexity index is 1030. The number of rotatable bonds is 6. The van der Waals surface area contributed by atoms with Crippen LogP contribution in [0.1, 0.15) is 37.9 Å². The molecule has 1 saturated heterocycles. The molecule has 0 aliphatic carbocycles. The van der Waals surface area contributed by atoms with E-state index >= 15 is 0 Å². The van der Waals surface area contributed by atoms with Crippen molar-refractivity contribution < 1.29 is 14.3 Å². The van der Waals surface area contributed by atoms with Gasteiger partial charge in [-0.3, -0.25) is 9.59 Å². The van der Waals surface area contributed by atoms with E-state index in [2.05, 4.69) is 5.32 Å². The molecule has 4 rings (SSSR count). The highest BCUT2D eigenvalue weighted by molar-refractivity contribution is 7.13. The average molecular weight is 436 g/mol. The van der Waals surface area contributed by atoms with Gasteiger partial charge in [0, 0.05) is 30.1 Å². The van der Waals surface area contributed by atoms with Gasteiger partial charge >= 0.3 is 0 Å². The van der Waals surface area contributed by atoms with E-state index in [1.807, 2.05) is 64.9 Å². The number of aromatic nitrogens is 1. The summed E-state index contributed by atoms with van der Waals surface area (Å²) in [5, 5.41) is 5.72. The number of hydrogen-bond donors (Lipinski definition) is 1. The van der Waals surface area contributed by atoms with Gasteiger partial charge in [-0.25, -0.2) is 4.98 Å². The van der Waals surface area contributed by atoms with Crippen molar-refractivity contribution >= 4 is 28.8 Å². The SMILES string of the molecule is CC(=O)Nc1ccc(-c2nc([C@H]3CCCCN3C(=O)COc3ccccc3)cs2)cc1. The number of hydrogen-bond acceptors (Lipinski definition) is 5. The zero-order valence-electron chi connectivity index (χ0n) is 17.4. The van der Waals surface area contributed by atoms with E-state index in [-0.39, 0.29) is 24.5 Å². The predicted octanol–water partition coefficient (Wildman–Crippen LogP) is 4.90. The van der Waals surface area contributed by atoms with Crippen LogP contribution in [0.5, 0.6) is 5.75 Å². The van der Waals surface area contributed by atoms with Crippen molar-refractivity contribution in [1.82, 2.24) is 9.88 Å². The number of para-hydroxylation sites is 1. The van der Waals surface area contributed by atoms with Gasteiger partial charge in [-0.15, -0.1) is 11.3 Å². The highest BCUT2D eigenvalue weighted by Gasteiger charge is 2.30. The van der Waals surface area contributed by atoms with E-state index in [1.54, 1.807) is 11.3 Å². The summed E-state index contributed by atoms with van der Waals surface area (Å²) in [6, 6.07) is 17.0. The van der Waals surface area contributed by atoms with Crippen LogP contribution in [0, 0.1) is 0 Å². The molecule has 160 valence electrons. The number of nitrogens with zero attached hydrogens (tertiary/aromatic N) is 2. The lowest BCUT2D eigenvalue weighted by Crippen LogP contribution is -2.41. The number of amides is 2. The third-order valence-electron chi connectivity index (χ3n) is 5.24. The van der Waals surface area contributed by atoms with Gasteiger partial charge < -0.3 is 15.0 Å². The molecule has 1 fully saturated rings. The van der Waals surface area contributed by atoms with Gasteiger partial charge in [0.25, 0.3) is 5.91 Å². The lowest BCUT2D eigenvalue weighted by atomic mass is 10.00. The summed E-state index contributed by atoms with van der Waals surface area (Å²) in [5.74, 6) is 0.591. The lowest BCUT2D eigenvalue weighted by molar-refractivity contribution is -0.137. The first-order valence-corrected chi connectivity index (χ1v) is 11.3. The van der Waals surface area contributed by atoms with Gasteiger partial charge in [-0.05, 0) is 55.7 Å². The number of nitrogens with one attached hydrogen (secondary N) is 1. The maximum atomic E-state index is 12.9. The van der Waals surface area contributed by atoms with Crippen LogP contribution in [0.4, 0.5) is 5.69 Å². The summed E-state index contributed by atoms with van der Waals surface area (Å²) < 4.78 is 5.68. The zero-order chi connectivity index (χ0) is 21.6. The Labute approximate surface area is 185 Å². The molecule has 1 atom stereocenters. The molecule has 7 heteroatoms. The molecule has 31 heavy (non-hydrogen) atoms. The second-order valence-electron chi connectivity index (χ2n) is 7.54. The molecule has 0 unspecified atom stereocenters. The van der Waals surface area contributed by atoms with Crippen molar-refractivity contribution in [2.75, 3.05) is 18.5 Å². The fourth-order valence-corrected chi connectivity index (χ4v) is 4.63. The number of piperidine rings is 1. The van der Waals surface area contributed by atoms with Crippen LogP contribution >= 0.6 is 11.3 Å². The first-order valence-electron chi connectivity index (χ1n) is 10.4. The summed E-state index contributed by atoms with van der Waals surface area (Å²) in [6.07, 6.45) is 2.98. The van der Waals surface area contributed by atoms with Gasteiger partial charge in [0.15, 0.2) is 6.61 Å². The largest absolute Gasteiger partial charge is 0.484 e. The van der Waals surface area contributed by atoms with Crippen molar-refractivity contribution in [2.45, 2.75) is 32.2 Å². The Morgan fingerprint density at radius 1 is 1.13 bits per heavy atom. The highest BCUT2D eigenvalue weighted by atomic mass is 32.1. The molecule has 0 radical (unpaired) electrons. The number of anilines is 1. The van der Waals surface area contributed by atoms with Crippen LogP contribution in [0.25, 0.3) is 10.6 Å². The van der Waals surface area contributed by atoms with E-state index in [9.17, 15) is 9.59 Å². The Balaban J connectivity index is 1.45. The Hall–Kier alpha value is -3.19. The average Bonchev–Trinajstić information content (AvgIpc) is 3.28. The first kappa shape index (κ1) is 21.1. The topological polar surface area (TPSA) is 71.5 Å². The van der Waals surface area contributed by atoms with Crippen LogP contribution in [0.3, 0.4) is 0 Å². The van der Waals surface area contributed by atoms with Crippen molar-refractivity contribution in [3.63, 3.8) is 0 Å². The molecule has 2 amide bonds. The predicted molar refractivity (Wildman–Crippen MR) is 122 cm³/mol. The van der Waals surface area contributed by atoms with Crippen LogP contribution < -0.4 is 10.1 Å². The second kappa shape index (κ2) is 9.75. The highest BCUT2D eigenvalue weighted by Crippen LogP contribution is 2.34. The van der Waals surface area contributed by atoms with Crippen LogP contribution in [0.15, 0.2) is 60.0 Å². The molecule has 2 aromatic carbocycles. The molecule has 0 saturated carbocycles. The standard InChI is InChI=1S/C24H25N3O3S/c1-17(28)25-19-12-10-18(11-13-19)24-26-21(16-31-24)22-9-5-6-14-27(22)23(29)15-30-20-7-3-2-4-8-20/h2-4,7-8,10-13,16,22H,5-6,9,14-15H2,1H3,(H,25,28)/t22-/m1/s1. The van der Waals surface area contributed by atoms with Gasteiger partial charge in [0.1, 0.15) is 10.8 Å². The zero-order valence-corrected chi connectivity index (χ0v) is 18.2. The lowest BCUT2D eigenvalue weighted by Gasteiger charge is -2.34. The van der Waals surface area contributed by atoms with E-state index in [0.29, 0.717) is 5.75 Å². The number of carbonyl (C=O) groups excluding carboxylic acids is 2. The van der Waals surface area contributed by atoms with Gasteiger partial charge in [-0.2, -0.15) is 0 Å². The maximum Gasteiger partial charge on any atom is 0.261 e. The molecule has 1 N–H and O–H groups in total. The molecular formula is C24H25N3O3S. The van der Waals surface area contributed by atoms with Crippen LogP contribution in [-0.4, -0.2) is 34.8 Å². The van der Waals surface area contributed by atoms with Gasteiger partial charge in [0.05, 0.1) is 11.7 Å². The first-order chi connectivity index (χ1) is 15.1. The summed E-state index contributed by atoms with van der Waals surface area (Å²) in [4.78, 5) is 30.8. The number of thiazole rings is 1. The minimum absolute atomic E-state index is 0.0113. The Morgan fingerprint density at radius 3 is 2.65 bits per heavy atom. The summed E-state index contributed by atoms with van der Waals surface area (Å²) in [5.41, 5.74) is 2.68. The van der Waals surface area contributed by atoms with Crippen molar-refractivity contribution in [3.05, 3.63) is 65.7 Å². The van der Waals surface area contributed by atoms with E-state index in [1.165, 1.54) is 6.92 Å². The monoisotopic (exact) mass is 435 g/mol. The molecule has 1 aliphatic rings. The molecule has 2 heterocycles. The third kappa shape index (κ3) is 5.30. The van der Waals surface area contributed by atoms with Gasteiger partial charge in [-0.1, -0.05) is 18.2 Å². The van der Waals surface area contributed by atoms with Crippen molar-refractivity contribution in [3.8, 4) is 16.3 Å². The smallest absolute Gasteiger partial charge is 0.261 e. The molecule has 1 aliphatic heterocycles. The molecule has 6 nitrogen and oxygen atoms in total. The van der Waals surface area contributed by atoms with E-state index < -0.39 is 0 Å². The normalized spacial score (nSPS) is 16.0. The van der Waals surface area contributed by atoms with E-state index in [0.717, 1.165) is 47.8 Å². The summed E-state index contributed by atoms with van der Waals surface area (Å²) in [6.45, 7) is 2.24. The van der Waals surface area contributed by atoms with Gasteiger partial charge in [0.2, 0.25) is 5.91 Å². The van der Waals surface area contributed by atoms with E-state index in [4.69, 9.17) is 9.72 Å². The fraction of sp³-hybridized carbons (Fsp3) is 0.292. The molecule has 1 aromatic heterocycles. The quantitative estimate of drug-likeness (QED) is 0.598. The fourth-order valence-electron chi connectivity index (χ4n) is 3.75. The maximum absolute atomic E-state index is 12.9. The number of carbonyl (C=O) groups is 2. The molecule has 0 bridgehead atoms. The minimum Gasteiger partial charge on any atom is -0.484 e.